The smallest absolute Gasteiger partial charge is 0.147 e. The summed E-state index contributed by atoms with van der Waals surface area (Å²) < 4.78 is 8.09. The molecule has 1 aromatic heterocycles. The normalized spacial score (nSPS) is 16.3. The molecular formula is C22H25Br2ClN2O. The summed E-state index contributed by atoms with van der Waals surface area (Å²) in [5, 5.41) is 4.98. The van der Waals surface area contributed by atoms with Crippen molar-refractivity contribution in [1.82, 2.24) is 10.3 Å². The summed E-state index contributed by atoms with van der Waals surface area (Å²) in [5.41, 5.74) is 5.38. The molecule has 6 heteroatoms. The zero-order chi connectivity index (χ0) is 18.8. The topological polar surface area (TPSA) is 37.0 Å². The van der Waals surface area contributed by atoms with E-state index >= 15 is 0 Å². The average molecular weight is 529 g/mol. The standard InChI is InChI=1S/C22H24Br2N2O.ClH/c1-14-11-17(23)22(18(24)12-14)27-10-4-5-15-13-25-9-8-20-21(15)16-6-2-3-7-19(16)26-20;/h2-3,6-7,11-12,15,25-26H,4-5,8-10,13H2,1H3;1H. The maximum Gasteiger partial charge on any atom is 0.147 e. The van der Waals surface area contributed by atoms with Crippen molar-refractivity contribution in [2.45, 2.75) is 32.1 Å². The quantitative estimate of drug-likeness (QED) is 0.371. The average Bonchev–Trinajstić information content (AvgIpc) is 2.88. The number of ether oxygens (including phenoxy) is 1. The number of aryl methyl sites for hydroxylation is 1. The van der Waals surface area contributed by atoms with Gasteiger partial charge >= 0.3 is 0 Å². The van der Waals surface area contributed by atoms with Gasteiger partial charge in [-0.25, -0.2) is 0 Å². The Bertz CT molecular complexity index is 934. The summed E-state index contributed by atoms with van der Waals surface area (Å²) in [6.07, 6.45) is 3.21. The van der Waals surface area contributed by atoms with Gasteiger partial charge in [0.1, 0.15) is 5.75 Å². The van der Waals surface area contributed by atoms with Crippen LogP contribution in [0, 0.1) is 6.92 Å². The fourth-order valence-corrected chi connectivity index (χ4v) is 5.69. The van der Waals surface area contributed by atoms with Crippen molar-refractivity contribution in [3.05, 3.63) is 62.2 Å². The van der Waals surface area contributed by atoms with Gasteiger partial charge < -0.3 is 15.0 Å². The van der Waals surface area contributed by atoms with E-state index in [4.69, 9.17) is 4.74 Å². The lowest BCUT2D eigenvalue weighted by Gasteiger charge is -2.17. The number of hydrogen-bond donors (Lipinski definition) is 2. The van der Waals surface area contributed by atoms with Crippen LogP contribution in [0.2, 0.25) is 0 Å². The number of para-hydroxylation sites is 1. The highest BCUT2D eigenvalue weighted by Crippen LogP contribution is 2.36. The molecule has 0 amide bonds. The van der Waals surface area contributed by atoms with Gasteiger partial charge in [0.15, 0.2) is 0 Å². The molecular weight excluding hydrogens is 504 g/mol. The lowest BCUT2D eigenvalue weighted by atomic mass is 9.92. The first kappa shape index (κ1) is 21.7. The van der Waals surface area contributed by atoms with Crippen molar-refractivity contribution in [1.29, 1.82) is 0 Å². The van der Waals surface area contributed by atoms with Gasteiger partial charge in [-0.1, -0.05) is 18.2 Å². The first-order chi connectivity index (χ1) is 13.1. The molecule has 4 rings (SSSR count). The largest absolute Gasteiger partial charge is 0.491 e. The number of aromatic amines is 1. The van der Waals surface area contributed by atoms with Crippen LogP contribution in [-0.4, -0.2) is 24.7 Å². The monoisotopic (exact) mass is 526 g/mol. The van der Waals surface area contributed by atoms with Crippen molar-refractivity contribution in [2.24, 2.45) is 0 Å². The minimum absolute atomic E-state index is 0. The number of rotatable bonds is 5. The maximum absolute atomic E-state index is 6.08. The number of nitrogens with one attached hydrogen (secondary N) is 2. The Hall–Kier alpha value is -1.01. The molecule has 1 unspecified atom stereocenters. The molecule has 0 saturated carbocycles. The van der Waals surface area contributed by atoms with Crippen LogP contribution >= 0.6 is 44.3 Å². The summed E-state index contributed by atoms with van der Waals surface area (Å²) in [6, 6.07) is 12.9. The Morgan fingerprint density at radius 3 is 2.68 bits per heavy atom. The van der Waals surface area contributed by atoms with E-state index in [0.717, 1.165) is 47.0 Å². The molecule has 1 aliphatic heterocycles. The Labute approximate surface area is 189 Å². The van der Waals surface area contributed by atoms with Crippen LogP contribution in [-0.2, 0) is 6.42 Å². The van der Waals surface area contributed by atoms with Crippen LogP contribution in [0.4, 0.5) is 0 Å². The summed E-state index contributed by atoms with van der Waals surface area (Å²) in [4.78, 5) is 3.64. The summed E-state index contributed by atoms with van der Waals surface area (Å²) in [7, 11) is 0. The summed E-state index contributed by atoms with van der Waals surface area (Å²) >= 11 is 7.22. The van der Waals surface area contributed by atoms with Crippen LogP contribution in [0.3, 0.4) is 0 Å². The minimum atomic E-state index is 0. The summed E-state index contributed by atoms with van der Waals surface area (Å²) in [5.74, 6) is 1.42. The third-order valence-corrected chi connectivity index (χ3v) is 6.44. The van der Waals surface area contributed by atoms with Gasteiger partial charge in [0, 0.05) is 36.1 Å². The Morgan fingerprint density at radius 1 is 1.14 bits per heavy atom. The van der Waals surface area contributed by atoms with Crippen LogP contribution < -0.4 is 10.1 Å². The molecule has 0 saturated heterocycles. The highest BCUT2D eigenvalue weighted by molar-refractivity contribution is 9.11. The van der Waals surface area contributed by atoms with Crippen LogP contribution in [0.15, 0.2) is 45.3 Å². The number of fused-ring (bicyclic) bond motifs is 3. The number of hydrogen-bond acceptors (Lipinski definition) is 2. The fourth-order valence-electron chi connectivity index (χ4n) is 4.05. The number of H-pyrrole nitrogens is 1. The first-order valence-electron chi connectivity index (χ1n) is 9.52. The van der Waals surface area contributed by atoms with E-state index in [1.54, 1.807) is 0 Å². The minimum Gasteiger partial charge on any atom is -0.491 e. The van der Waals surface area contributed by atoms with Gasteiger partial charge in [-0.05, 0) is 86.9 Å². The number of halogens is 3. The molecule has 150 valence electrons. The molecule has 2 N–H and O–H groups in total. The van der Waals surface area contributed by atoms with Crippen molar-refractivity contribution < 1.29 is 4.74 Å². The molecule has 0 aliphatic carbocycles. The highest BCUT2D eigenvalue weighted by atomic mass is 79.9. The second kappa shape index (κ2) is 9.66. The van der Waals surface area contributed by atoms with Gasteiger partial charge in [0.2, 0.25) is 0 Å². The van der Waals surface area contributed by atoms with E-state index in [1.165, 1.54) is 27.7 Å². The number of aromatic nitrogens is 1. The van der Waals surface area contributed by atoms with Gasteiger partial charge in [-0.15, -0.1) is 12.4 Å². The van der Waals surface area contributed by atoms with Crippen molar-refractivity contribution >= 4 is 55.2 Å². The molecule has 0 fully saturated rings. The highest BCUT2D eigenvalue weighted by Gasteiger charge is 2.22. The Morgan fingerprint density at radius 2 is 1.89 bits per heavy atom. The lowest BCUT2D eigenvalue weighted by molar-refractivity contribution is 0.297. The Kier molecular flexibility index (Phi) is 7.48. The predicted molar refractivity (Wildman–Crippen MR) is 126 cm³/mol. The van der Waals surface area contributed by atoms with Crippen LogP contribution in [0.5, 0.6) is 5.75 Å². The molecule has 28 heavy (non-hydrogen) atoms. The molecule has 2 aromatic carbocycles. The molecule has 0 radical (unpaired) electrons. The first-order valence-corrected chi connectivity index (χ1v) is 11.1. The second-order valence-electron chi connectivity index (χ2n) is 7.26. The van der Waals surface area contributed by atoms with Crippen LogP contribution in [0.1, 0.15) is 35.6 Å². The molecule has 1 atom stereocenters. The summed E-state index contributed by atoms with van der Waals surface area (Å²) in [6.45, 7) is 4.87. The lowest BCUT2D eigenvalue weighted by Crippen LogP contribution is -2.20. The van der Waals surface area contributed by atoms with E-state index in [-0.39, 0.29) is 12.4 Å². The molecule has 1 aliphatic rings. The maximum atomic E-state index is 6.08. The molecule has 3 nitrogen and oxygen atoms in total. The van der Waals surface area contributed by atoms with E-state index in [0.29, 0.717) is 12.5 Å². The van der Waals surface area contributed by atoms with Gasteiger partial charge in [-0.3, -0.25) is 0 Å². The van der Waals surface area contributed by atoms with Gasteiger partial charge in [0.25, 0.3) is 0 Å². The third-order valence-electron chi connectivity index (χ3n) is 5.26. The van der Waals surface area contributed by atoms with Gasteiger partial charge in [0.05, 0.1) is 15.6 Å². The van der Waals surface area contributed by atoms with E-state index in [1.807, 2.05) is 0 Å². The van der Waals surface area contributed by atoms with E-state index in [2.05, 4.69) is 85.5 Å². The molecule has 3 aromatic rings. The Balaban J connectivity index is 0.00000225. The molecule has 2 heterocycles. The van der Waals surface area contributed by atoms with Crippen molar-refractivity contribution in [3.63, 3.8) is 0 Å². The van der Waals surface area contributed by atoms with E-state index < -0.39 is 0 Å². The predicted octanol–water partition coefficient (Wildman–Crippen LogP) is 6.51. The van der Waals surface area contributed by atoms with Crippen molar-refractivity contribution in [3.8, 4) is 5.75 Å². The fraction of sp³-hybridized carbons (Fsp3) is 0.364. The van der Waals surface area contributed by atoms with Crippen molar-refractivity contribution in [2.75, 3.05) is 19.7 Å². The second-order valence-corrected chi connectivity index (χ2v) is 8.97. The number of benzene rings is 2. The SMILES string of the molecule is Cc1cc(Br)c(OCCCC2CNCCc3[nH]c4ccccc4c32)c(Br)c1.Cl. The zero-order valence-corrected chi connectivity index (χ0v) is 19.8. The zero-order valence-electron chi connectivity index (χ0n) is 15.9. The third kappa shape index (κ3) is 4.59. The van der Waals surface area contributed by atoms with E-state index in [9.17, 15) is 0 Å². The van der Waals surface area contributed by atoms with Gasteiger partial charge in [-0.2, -0.15) is 0 Å². The molecule has 0 spiro atoms. The van der Waals surface area contributed by atoms with Crippen LogP contribution in [0.25, 0.3) is 10.9 Å². The molecule has 0 bridgehead atoms.